The van der Waals surface area contributed by atoms with E-state index in [2.05, 4.69) is 58.5 Å². The molecule has 2 nitrogen and oxygen atoms in total. The van der Waals surface area contributed by atoms with Gasteiger partial charge in [0.2, 0.25) is 0 Å². The summed E-state index contributed by atoms with van der Waals surface area (Å²) >= 11 is 0. The normalized spacial score (nSPS) is 11.6. The first kappa shape index (κ1) is 22.3. The maximum Gasteiger partial charge on any atom is 0 e. The molecule has 0 spiro atoms. The summed E-state index contributed by atoms with van der Waals surface area (Å²) in [6, 6.07) is 0.508. The van der Waals surface area contributed by atoms with Gasteiger partial charge in [0.15, 0.2) is 0 Å². The van der Waals surface area contributed by atoms with Crippen LogP contribution in [-0.4, -0.2) is 34.5 Å². The van der Waals surface area contributed by atoms with Gasteiger partial charge in [0.05, 0.1) is 0 Å². The predicted molar refractivity (Wildman–Crippen MR) is 59.0 cm³/mol. The van der Waals surface area contributed by atoms with Crippen molar-refractivity contribution in [1.29, 1.82) is 0 Å². The van der Waals surface area contributed by atoms with Gasteiger partial charge in [-0.05, 0) is 45.4 Å². The van der Waals surface area contributed by atoms with E-state index in [1.165, 1.54) is 0 Å². The third-order valence-electron chi connectivity index (χ3n) is 2.34. The van der Waals surface area contributed by atoms with Gasteiger partial charge in [-0.15, -0.1) is 0 Å². The molecule has 0 rings (SSSR count). The molecular weight excluding hydrogens is 338 g/mol. The zero-order chi connectivity index (χ0) is 10.6. The smallest absolute Gasteiger partial charge is 0 e. The van der Waals surface area contributed by atoms with Crippen LogP contribution in [0.1, 0.15) is 34.6 Å². The second-order valence-electron chi connectivity index (χ2n) is 4.84. The van der Waals surface area contributed by atoms with Gasteiger partial charge in [0, 0.05) is 65.4 Å². The fourth-order valence-corrected chi connectivity index (χ4v) is 0.843. The van der Waals surface area contributed by atoms with Crippen molar-refractivity contribution in [2.24, 2.45) is 0 Å². The second kappa shape index (κ2) is 10.1. The minimum Gasteiger partial charge on any atom is -0.456 e. The fourth-order valence-electron chi connectivity index (χ4n) is 0.843. The van der Waals surface area contributed by atoms with Crippen LogP contribution < -0.4 is 0 Å². The van der Waals surface area contributed by atoms with Crippen LogP contribution in [0.3, 0.4) is 0 Å². The van der Waals surface area contributed by atoms with E-state index in [1.807, 2.05) is 0 Å². The first-order valence-electron chi connectivity index (χ1n) is 4.90. The number of nitrogens with zero attached hydrogens (tertiary/aromatic N) is 2. The molecule has 0 unspecified atom stereocenters. The molecule has 0 aliphatic heterocycles. The Morgan fingerprint density at radius 1 is 1.00 bits per heavy atom. The Morgan fingerprint density at radius 3 is 1.67 bits per heavy atom. The first-order valence-corrected chi connectivity index (χ1v) is 4.90. The molecule has 0 amide bonds. The molecule has 0 bridgehead atoms. The molecule has 0 aliphatic rings. The van der Waals surface area contributed by atoms with E-state index in [0.29, 0.717) is 6.04 Å². The summed E-state index contributed by atoms with van der Waals surface area (Å²) in [5.41, 5.74) is 0.151. The van der Waals surface area contributed by atoms with Crippen LogP contribution >= 0.6 is 0 Å². The van der Waals surface area contributed by atoms with Gasteiger partial charge in [-0.25, -0.2) is 0 Å². The minimum absolute atomic E-state index is 0. The average molecular weight is 362 g/mol. The number of hydrogen-bond donors (Lipinski definition) is 0. The van der Waals surface area contributed by atoms with E-state index in [-0.39, 0.29) is 71.0 Å². The quantitative estimate of drug-likeness (QED) is 0.709. The van der Waals surface area contributed by atoms with Crippen LogP contribution in [0.2, 0.25) is 0 Å². The van der Waals surface area contributed by atoms with Crippen LogP contribution in [-0.2, 0) is 65.4 Å². The predicted octanol–water partition coefficient (Wildman–Crippen LogP) is 2.38. The molecule has 86 valence electrons. The van der Waals surface area contributed by atoms with Crippen molar-refractivity contribution < 1.29 is 65.4 Å². The van der Waals surface area contributed by atoms with Gasteiger partial charge in [0.25, 0.3) is 0 Å². The molecule has 0 aromatic carbocycles. The Kier molecular flexibility index (Phi) is 15.0. The zero-order valence-corrected chi connectivity index (χ0v) is 16.6. The van der Waals surface area contributed by atoms with Gasteiger partial charge < -0.3 is 9.80 Å². The van der Waals surface area contributed by atoms with Crippen molar-refractivity contribution in [3.05, 3.63) is 14.1 Å². The monoisotopic (exact) mass is 362 g/mol. The third-order valence-corrected chi connectivity index (χ3v) is 2.34. The largest absolute Gasteiger partial charge is 0.456 e. The number of rotatable bonds is 4. The van der Waals surface area contributed by atoms with Gasteiger partial charge in [0.1, 0.15) is 0 Å². The molecule has 0 heterocycles. The Balaban J connectivity index is -0.000000720. The van der Waals surface area contributed by atoms with E-state index in [1.54, 1.807) is 0 Å². The molecule has 15 heavy (non-hydrogen) atoms. The summed E-state index contributed by atoms with van der Waals surface area (Å²) in [5, 5.41) is 0. The third kappa shape index (κ3) is 11.0. The molecule has 0 aromatic heterocycles. The van der Waals surface area contributed by atoms with Crippen LogP contribution in [0, 0.1) is 14.1 Å². The molecule has 0 saturated carbocycles. The van der Waals surface area contributed by atoms with Crippen LogP contribution in [0.15, 0.2) is 0 Å². The van der Waals surface area contributed by atoms with Gasteiger partial charge >= 0.3 is 0 Å². The Morgan fingerprint density at radius 2 is 1.40 bits per heavy atom. The topological polar surface area (TPSA) is 6.48 Å². The molecule has 2 radical (unpaired) electrons. The van der Waals surface area contributed by atoms with E-state index < -0.39 is 0 Å². The van der Waals surface area contributed by atoms with Crippen LogP contribution in [0.4, 0.5) is 0 Å². The molecule has 0 aromatic rings. The molecule has 0 N–H and O–H groups in total. The van der Waals surface area contributed by atoms with E-state index >= 15 is 0 Å². The van der Waals surface area contributed by atoms with Crippen molar-refractivity contribution in [1.82, 2.24) is 9.80 Å². The van der Waals surface area contributed by atoms with Gasteiger partial charge in [-0.3, -0.25) is 14.1 Å². The SMILES string of the molecule is [CH2-]N(CCN([CH2-])C(C)(C)C)C(C)C.[Y].[Y]. The molecule has 0 aliphatic carbocycles. The minimum atomic E-state index is 0. The summed E-state index contributed by atoms with van der Waals surface area (Å²) < 4.78 is 0. The standard InChI is InChI=1S/C11H24N2.2Y/c1-10(2)12(6)8-9-13(7)11(3,4)5;;/h10H,6-9H2,1-5H3;;/q-2;;. The maximum absolute atomic E-state index is 4.02. The first-order chi connectivity index (χ1) is 5.75. The second-order valence-corrected chi connectivity index (χ2v) is 4.84. The van der Waals surface area contributed by atoms with Crippen molar-refractivity contribution in [3.63, 3.8) is 0 Å². The molecular formula is C11H24N2Y2-2. The van der Waals surface area contributed by atoms with Crippen molar-refractivity contribution >= 4 is 0 Å². The van der Waals surface area contributed by atoms with Crippen molar-refractivity contribution in [2.45, 2.75) is 46.2 Å². The molecule has 0 saturated heterocycles. The van der Waals surface area contributed by atoms with Crippen molar-refractivity contribution in [3.8, 4) is 0 Å². The Labute approximate surface area is 147 Å². The zero-order valence-electron chi connectivity index (χ0n) is 11.0. The van der Waals surface area contributed by atoms with Gasteiger partial charge in [-0.1, -0.05) is 13.8 Å². The van der Waals surface area contributed by atoms with Crippen molar-refractivity contribution in [2.75, 3.05) is 13.1 Å². The van der Waals surface area contributed by atoms with E-state index in [4.69, 9.17) is 0 Å². The van der Waals surface area contributed by atoms with Gasteiger partial charge in [-0.2, -0.15) is 0 Å². The number of hydrogen-bond acceptors (Lipinski definition) is 2. The summed E-state index contributed by atoms with van der Waals surface area (Å²) in [4.78, 5) is 4.19. The maximum atomic E-state index is 4.02. The Bertz CT molecular complexity index is 144. The molecule has 0 atom stereocenters. The fraction of sp³-hybridized carbons (Fsp3) is 0.818. The van der Waals surface area contributed by atoms with E-state index in [9.17, 15) is 0 Å². The molecule has 0 fully saturated rings. The summed E-state index contributed by atoms with van der Waals surface area (Å²) in [6.45, 7) is 12.7. The summed E-state index contributed by atoms with van der Waals surface area (Å²) in [5.74, 6) is 0. The van der Waals surface area contributed by atoms with Crippen LogP contribution in [0.25, 0.3) is 0 Å². The average Bonchev–Trinajstić information content (AvgIpc) is 1.97. The van der Waals surface area contributed by atoms with E-state index in [0.717, 1.165) is 13.1 Å². The van der Waals surface area contributed by atoms with Crippen LogP contribution in [0.5, 0.6) is 0 Å². The summed E-state index contributed by atoms with van der Waals surface area (Å²) in [7, 11) is 7.99. The molecule has 4 heteroatoms. The summed E-state index contributed by atoms with van der Waals surface area (Å²) in [6.07, 6.45) is 0. The Hall–Kier alpha value is 2.13.